The Balaban J connectivity index is 1.64. The predicted octanol–water partition coefficient (Wildman–Crippen LogP) is 6.94. The molecule has 0 aromatic heterocycles. The number of anilines is 2. The van der Waals surface area contributed by atoms with Crippen LogP contribution in [-0.2, 0) is 14.8 Å². The molecule has 0 unspecified atom stereocenters. The highest BCUT2D eigenvalue weighted by molar-refractivity contribution is 7.99. The van der Waals surface area contributed by atoms with Gasteiger partial charge in [-0.25, -0.2) is 8.42 Å². The Hall–Kier alpha value is -3.26. The molecule has 0 saturated heterocycles. The minimum Gasteiger partial charge on any atom is -0.323 e. The molecule has 0 aliphatic heterocycles. The first-order valence-electron chi connectivity index (χ1n) is 11.2. The number of halogens is 1. The molecule has 4 aromatic carbocycles. The molecule has 8 heteroatoms. The number of nitrogens with zero attached hydrogens (tertiary/aromatic N) is 1. The lowest BCUT2D eigenvalue weighted by Gasteiger charge is -2.25. The van der Waals surface area contributed by atoms with Crippen molar-refractivity contribution >= 4 is 50.7 Å². The number of aryl methyl sites for hydroxylation is 2. The molecule has 36 heavy (non-hydrogen) atoms. The first-order chi connectivity index (χ1) is 17.2. The Bertz CT molecular complexity index is 1470. The fourth-order valence-electron chi connectivity index (χ4n) is 3.52. The van der Waals surface area contributed by atoms with E-state index in [4.69, 9.17) is 11.6 Å². The minimum absolute atomic E-state index is 0.0537. The maximum Gasteiger partial charge on any atom is 0.264 e. The van der Waals surface area contributed by atoms with Gasteiger partial charge in [-0.1, -0.05) is 59.8 Å². The summed E-state index contributed by atoms with van der Waals surface area (Å²) < 4.78 is 28.4. The van der Waals surface area contributed by atoms with E-state index in [1.807, 2.05) is 68.4 Å². The topological polar surface area (TPSA) is 66.5 Å². The summed E-state index contributed by atoms with van der Waals surface area (Å²) in [5.74, 6) is -0.452. The van der Waals surface area contributed by atoms with Gasteiger partial charge in [-0.3, -0.25) is 9.10 Å². The van der Waals surface area contributed by atoms with Crippen molar-refractivity contribution in [1.29, 1.82) is 0 Å². The maximum absolute atomic E-state index is 13.6. The van der Waals surface area contributed by atoms with Gasteiger partial charge in [-0.05, 0) is 85.6 Å². The lowest BCUT2D eigenvalue weighted by molar-refractivity contribution is -0.114. The van der Waals surface area contributed by atoms with Gasteiger partial charge in [-0.2, -0.15) is 0 Å². The number of sulfonamides is 1. The summed E-state index contributed by atoms with van der Waals surface area (Å²) in [5.41, 5.74) is 2.98. The maximum atomic E-state index is 13.6. The standard InChI is InChI=1S/C28H25ClN2O3S2/c1-20-12-15-23(18-21(20)2)31(36(33,34)25-16-13-22(29)14-17-25)19-28(32)30-26-10-6-7-11-27(26)35-24-8-4-3-5-9-24/h3-18H,19H2,1-2H3,(H,30,32). The summed E-state index contributed by atoms with van der Waals surface area (Å²) >= 11 is 7.49. The zero-order valence-corrected chi connectivity index (χ0v) is 22.2. The van der Waals surface area contributed by atoms with Crippen molar-refractivity contribution in [3.05, 3.63) is 113 Å². The summed E-state index contributed by atoms with van der Waals surface area (Å²) in [6.07, 6.45) is 0. The number of amides is 1. The second-order valence-electron chi connectivity index (χ2n) is 8.19. The van der Waals surface area contributed by atoms with Crippen molar-refractivity contribution in [2.24, 2.45) is 0 Å². The first-order valence-corrected chi connectivity index (χ1v) is 13.8. The first kappa shape index (κ1) is 25.8. The zero-order chi connectivity index (χ0) is 25.7. The van der Waals surface area contributed by atoms with Crippen LogP contribution in [0.15, 0.2) is 112 Å². The molecule has 4 aromatic rings. The fraction of sp³-hybridized carbons (Fsp3) is 0.107. The van der Waals surface area contributed by atoms with Gasteiger partial charge in [0.15, 0.2) is 0 Å². The Labute approximate surface area is 221 Å². The van der Waals surface area contributed by atoms with Crippen molar-refractivity contribution in [3.63, 3.8) is 0 Å². The molecule has 4 rings (SSSR count). The highest BCUT2D eigenvalue weighted by atomic mass is 35.5. The van der Waals surface area contributed by atoms with Gasteiger partial charge in [0.25, 0.3) is 10.0 Å². The average Bonchev–Trinajstić information content (AvgIpc) is 2.86. The molecular formula is C28H25ClN2O3S2. The van der Waals surface area contributed by atoms with E-state index in [1.54, 1.807) is 18.2 Å². The van der Waals surface area contributed by atoms with Gasteiger partial charge >= 0.3 is 0 Å². The van der Waals surface area contributed by atoms with E-state index in [-0.39, 0.29) is 4.90 Å². The van der Waals surface area contributed by atoms with E-state index in [9.17, 15) is 13.2 Å². The summed E-state index contributed by atoms with van der Waals surface area (Å²) in [4.78, 5) is 15.2. The highest BCUT2D eigenvalue weighted by Gasteiger charge is 2.28. The van der Waals surface area contributed by atoms with Crippen LogP contribution in [0, 0.1) is 13.8 Å². The van der Waals surface area contributed by atoms with Crippen LogP contribution in [0.3, 0.4) is 0 Å². The highest BCUT2D eigenvalue weighted by Crippen LogP contribution is 2.33. The molecule has 0 saturated carbocycles. The van der Waals surface area contributed by atoms with E-state index < -0.39 is 22.5 Å². The lowest BCUT2D eigenvalue weighted by Crippen LogP contribution is -2.38. The van der Waals surface area contributed by atoms with E-state index >= 15 is 0 Å². The largest absolute Gasteiger partial charge is 0.323 e. The third-order valence-corrected chi connectivity index (χ3v) is 8.72. The molecule has 0 radical (unpaired) electrons. The van der Waals surface area contributed by atoms with Crippen LogP contribution in [0.1, 0.15) is 11.1 Å². The molecule has 0 spiro atoms. The third kappa shape index (κ3) is 6.10. The summed E-state index contributed by atoms with van der Waals surface area (Å²) in [5, 5.41) is 3.33. The van der Waals surface area contributed by atoms with Gasteiger partial charge in [0.1, 0.15) is 6.54 Å². The monoisotopic (exact) mass is 536 g/mol. The van der Waals surface area contributed by atoms with E-state index in [2.05, 4.69) is 5.32 Å². The quantitative estimate of drug-likeness (QED) is 0.265. The molecule has 0 bridgehead atoms. The fourth-order valence-corrected chi connectivity index (χ4v) is 5.99. The van der Waals surface area contributed by atoms with Crippen LogP contribution in [0.4, 0.5) is 11.4 Å². The number of para-hydroxylation sites is 1. The molecule has 1 amide bonds. The molecule has 0 fully saturated rings. The minimum atomic E-state index is -4.04. The van der Waals surface area contributed by atoms with Crippen LogP contribution >= 0.6 is 23.4 Å². The number of rotatable bonds is 8. The van der Waals surface area contributed by atoms with Gasteiger partial charge in [0, 0.05) is 14.8 Å². The van der Waals surface area contributed by atoms with Crippen molar-refractivity contribution in [2.75, 3.05) is 16.2 Å². The second-order valence-corrected chi connectivity index (χ2v) is 11.6. The number of hydrogen-bond acceptors (Lipinski definition) is 4. The van der Waals surface area contributed by atoms with Gasteiger partial charge < -0.3 is 5.32 Å². The summed E-state index contributed by atoms with van der Waals surface area (Å²) in [7, 11) is -4.04. The summed E-state index contributed by atoms with van der Waals surface area (Å²) in [6, 6.07) is 28.5. The molecule has 0 atom stereocenters. The molecular weight excluding hydrogens is 512 g/mol. The van der Waals surface area contributed by atoms with Gasteiger partial charge in [0.05, 0.1) is 16.3 Å². The number of benzene rings is 4. The smallest absolute Gasteiger partial charge is 0.264 e. The van der Waals surface area contributed by atoms with Gasteiger partial charge in [0.2, 0.25) is 5.91 Å². The van der Waals surface area contributed by atoms with Crippen LogP contribution < -0.4 is 9.62 Å². The van der Waals surface area contributed by atoms with Crippen molar-refractivity contribution in [2.45, 2.75) is 28.5 Å². The molecule has 1 N–H and O–H groups in total. The second kappa shape index (κ2) is 11.2. The normalized spacial score (nSPS) is 11.2. The Kier molecular flexibility index (Phi) is 8.04. The van der Waals surface area contributed by atoms with E-state index in [0.717, 1.165) is 25.2 Å². The third-order valence-electron chi connectivity index (χ3n) is 5.60. The SMILES string of the molecule is Cc1ccc(N(CC(=O)Nc2ccccc2Sc2ccccc2)S(=O)(=O)c2ccc(Cl)cc2)cc1C. The van der Waals surface area contributed by atoms with Crippen LogP contribution in [0.5, 0.6) is 0 Å². The number of carbonyl (C=O) groups excluding carboxylic acids is 1. The van der Waals surface area contributed by atoms with Crippen molar-refractivity contribution in [1.82, 2.24) is 0 Å². The average molecular weight is 537 g/mol. The van der Waals surface area contributed by atoms with E-state index in [1.165, 1.54) is 36.0 Å². The molecule has 184 valence electrons. The van der Waals surface area contributed by atoms with Crippen LogP contribution in [-0.4, -0.2) is 20.9 Å². The molecule has 0 aliphatic rings. The van der Waals surface area contributed by atoms with Crippen LogP contribution in [0.25, 0.3) is 0 Å². The van der Waals surface area contributed by atoms with Crippen molar-refractivity contribution in [3.8, 4) is 0 Å². The van der Waals surface area contributed by atoms with E-state index in [0.29, 0.717) is 16.4 Å². The Morgan fingerprint density at radius 3 is 2.22 bits per heavy atom. The molecule has 0 aliphatic carbocycles. The van der Waals surface area contributed by atoms with Gasteiger partial charge in [-0.15, -0.1) is 0 Å². The van der Waals surface area contributed by atoms with Crippen LogP contribution in [0.2, 0.25) is 5.02 Å². The molecule has 5 nitrogen and oxygen atoms in total. The van der Waals surface area contributed by atoms with Crippen molar-refractivity contribution < 1.29 is 13.2 Å². The number of nitrogens with one attached hydrogen (secondary N) is 1. The lowest BCUT2D eigenvalue weighted by atomic mass is 10.1. The summed E-state index contributed by atoms with van der Waals surface area (Å²) in [6.45, 7) is 3.46. The zero-order valence-electron chi connectivity index (χ0n) is 19.8. The number of hydrogen-bond donors (Lipinski definition) is 1. The Morgan fingerprint density at radius 2 is 1.53 bits per heavy atom. The number of carbonyl (C=O) groups is 1. The Morgan fingerprint density at radius 1 is 0.861 bits per heavy atom. The molecule has 0 heterocycles. The predicted molar refractivity (Wildman–Crippen MR) is 148 cm³/mol.